The van der Waals surface area contributed by atoms with E-state index < -0.39 is 0 Å². The van der Waals surface area contributed by atoms with E-state index in [4.69, 9.17) is 0 Å². The summed E-state index contributed by atoms with van der Waals surface area (Å²) in [5.41, 5.74) is 2.39. The Kier molecular flexibility index (Phi) is 3.57. The summed E-state index contributed by atoms with van der Waals surface area (Å²) < 4.78 is 2.28. The second kappa shape index (κ2) is 5.12. The topological polar surface area (TPSA) is 17.3 Å². The van der Waals surface area contributed by atoms with Crippen LogP contribution in [-0.4, -0.2) is 4.57 Å². The number of benzene rings is 1. The van der Waals surface area contributed by atoms with Crippen molar-refractivity contribution in [1.29, 1.82) is 0 Å². The molecule has 1 aromatic heterocycles. The molecule has 0 aliphatic heterocycles. The Morgan fingerprint density at radius 3 is 2.56 bits per heavy atom. The van der Waals surface area contributed by atoms with Crippen molar-refractivity contribution in [3.63, 3.8) is 0 Å². The predicted octanol–water partition coefficient (Wildman–Crippen LogP) is 3.36. The summed E-state index contributed by atoms with van der Waals surface area (Å²) in [4.78, 5) is 5.75. The number of thiazole rings is 1. The minimum Gasteiger partial charge on any atom is -0.321 e. The van der Waals surface area contributed by atoms with Crippen molar-refractivity contribution >= 4 is 17.0 Å². The van der Waals surface area contributed by atoms with Gasteiger partial charge in [0.2, 0.25) is 0 Å². The van der Waals surface area contributed by atoms with Crippen molar-refractivity contribution in [3.8, 4) is 0 Å². The molecule has 1 aromatic carbocycles. The lowest BCUT2D eigenvalue weighted by atomic mass is 10.3. The van der Waals surface area contributed by atoms with E-state index in [9.17, 15) is 0 Å². The van der Waals surface area contributed by atoms with Crippen LogP contribution in [0.4, 0.5) is 5.69 Å². The molecule has 0 spiro atoms. The van der Waals surface area contributed by atoms with Gasteiger partial charge >= 0.3 is 0 Å². The molecule has 0 amide bonds. The number of hydrogen-bond donors (Lipinski definition) is 0. The van der Waals surface area contributed by atoms with Gasteiger partial charge in [-0.25, -0.2) is 4.99 Å². The molecule has 0 N–H and O–H groups in total. The highest BCUT2D eigenvalue weighted by Crippen LogP contribution is 2.10. The van der Waals surface area contributed by atoms with Crippen LogP contribution in [-0.2, 0) is 13.0 Å². The van der Waals surface area contributed by atoms with Crippen LogP contribution in [0, 0.1) is 0 Å². The molecule has 0 unspecified atom stereocenters. The Morgan fingerprint density at radius 1 is 1.19 bits per heavy atom. The molecule has 2 aromatic rings. The van der Waals surface area contributed by atoms with E-state index in [0.717, 1.165) is 23.5 Å². The number of nitrogens with zero attached hydrogens (tertiary/aromatic N) is 2. The van der Waals surface area contributed by atoms with Gasteiger partial charge in [-0.15, -0.1) is 11.3 Å². The third kappa shape index (κ3) is 2.25. The molecule has 0 fully saturated rings. The molecule has 0 bridgehead atoms. The van der Waals surface area contributed by atoms with E-state index in [-0.39, 0.29) is 0 Å². The normalized spacial score (nSPS) is 12.0. The fourth-order valence-corrected chi connectivity index (χ4v) is 2.75. The summed E-state index contributed by atoms with van der Waals surface area (Å²) in [7, 11) is 0. The second-order valence-electron chi connectivity index (χ2n) is 3.55. The highest BCUT2D eigenvalue weighted by Gasteiger charge is 2.00. The monoisotopic (exact) mass is 232 g/mol. The van der Waals surface area contributed by atoms with Gasteiger partial charge in [-0.2, -0.15) is 0 Å². The Balaban J connectivity index is 2.48. The fraction of sp³-hybridized carbons (Fsp3) is 0.308. The summed E-state index contributed by atoms with van der Waals surface area (Å²) >= 11 is 1.72. The number of para-hydroxylation sites is 1. The first-order chi connectivity index (χ1) is 7.85. The Labute approximate surface area is 99.9 Å². The second-order valence-corrected chi connectivity index (χ2v) is 4.39. The van der Waals surface area contributed by atoms with Crippen LogP contribution in [0.5, 0.6) is 0 Å². The first-order valence-corrected chi connectivity index (χ1v) is 6.50. The quantitative estimate of drug-likeness (QED) is 0.772. The molecule has 2 rings (SSSR count). The first-order valence-electron chi connectivity index (χ1n) is 5.62. The first kappa shape index (κ1) is 11.1. The lowest BCUT2D eigenvalue weighted by Crippen LogP contribution is -2.15. The fourth-order valence-electron chi connectivity index (χ4n) is 1.68. The molecule has 0 radical (unpaired) electrons. The Hall–Kier alpha value is -1.35. The largest absolute Gasteiger partial charge is 0.321 e. The summed E-state index contributed by atoms with van der Waals surface area (Å²) in [5, 5.41) is 2.20. The van der Waals surface area contributed by atoms with E-state index in [0.29, 0.717) is 0 Å². The van der Waals surface area contributed by atoms with Crippen LogP contribution in [0.2, 0.25) is 0 Å². The molecule has 2 nitrogen and oxygen atoms in total. The van der Waals surface area contributed by atoms with Crippen LogP contribution in [0.3, 0.4) is 0 Å². The van der Waals surface area contributed by atoms with Gasteiger partial charge in [-0.05, 0) is 25.5 Å². The van der Waals surface area contributed by atoms with Crippen molar-refractivity contribution in [1.82, 2.24) is 4.57 Å². The van der Waals surface area contributed by atoms with E-state index in [2.05, 4.69) is 28.8 Å². The highest BCUT2D eigenvalue weighted by atomic mass is 32.1. The summed E-state index contributed by atoms with van der Waals surface area (Å²) in [6.07, 6.45) is 1.06. The molecule has 1 heterocycles. The lowest BCUT2D eigenvalue weighted by Gasteiger charge is -2.02. The van der Waals surface area contributed by atoms with Crippen molar-refractivity contribution in [2.24, 2.45) is 4.99 Å². The minimum atomic E-state index is 0.984. The zero-order valence-electron chi connectivity index (χ0n) is 9.68. The summed E-state index contributed by atoms with van der Waals surface area (Å²) in [6, 6.07) is 10.1. The molecule has 16 heavy (non-hydrogen) atoms. The zero-order valence-corrected chi connectivity index (χ0v) is 10.5. The molecule has 0 aliphatic carbocycles. The molecule has 0 saturated heterocycles. The van der Waals surface area contributed by atoms with Crippen molar-refractivity contribution < 1.29 is 0 Å². The van der Waals surface area contributed by atoms with Crippen LogP contribution in [0.15, 0.2) is 40.7 Å². The zero-order chi connectivity index (χ0) is 11.4. The maximum absolute atomic E-state index is 4.66. The molecular formula is C13H16N2S. The molecule has 0 atom stereocenters. The van der Waals surface area contributed by atoms with Crippen LogP contribution in [0.1, 0.15) is 19.5 Å². The maximum atomic E-state index is 4.66. The van der Waals surface area contributed by atoms with Crippen LogP contribution in [0.25, 0.3) is 0 Å². The Bertz CT molecular complexity index is 508. The maximum Gasteiger partial charge on any atom is 0.190 e. The minimum absolute atomic E-state index is 0.984. The van der Waals surface area contributed by atoms with Gasteiger partial charge in [0.05, 0.1) is 5.69 Å². The third-order valence-corrected chi connectivity index (χ3v) is 3.45. The van der Waals surface area contributed by atoms with E-state index in [1.54, 1.807) is 11.3 Å². The van der Waals surface area contributed by atoms with Crippen molar-refractivity contribution in [2.75, 3.05) is 0 Å². The molecular weight excluding hydrogens is 216 g/mol. The molecule has 0 saturated carbocycles. The van der Waals surface area contributed by atoms with Crippen molar-refractivity contribution in [3.05, 3.63) is 46.2 Å². The van der Waals surface area contributed by atoms with Gasteiger partial charge in [-0.3, -0.25) is 0 Å². The smallest absolute Gasteiger partial charge is 0.190 e. The van der Waals surface area contributed by atoms with Gasteiger partial charge in [0, 0.05) is 17.6 Å². The SMILES string of the molecule is CCc1csc(=Nc2ccccc2)n1CC. The van der Waals surface area contributed by atoms with Crippen LogP contribution >= 0.6 is 11.3 Å². The van der Waals surface area contributed by atoms with Gasteiger partial charge in [0.25, 0.3) is 0 Å². The average Bonchev–Trinajstić information content (AvgIpc) is 2.72. The summed E-state index contributed by atoms with van der Waals surface area (Å²) in [6.45, 7) is 5.33. The molecule has 84 valence electrons. The number of rotatable bonds is 3. The van der Waals surface area contributed by atoms with Gasteiger partial charge < -0.3 is 4.57 Å². The number of aryl methyl sites for hydroxylation is 1. The predicted molar refractivity (Wildman–Crippen MR) is 69.0 cm³/mol. The van der Waals surface area contributed by atoms with Gasteiger partial charge in [0.1, 0.15) is 0 Å². The van der Waals surface area contributed by atoms with Gasteiger partial charge in [-0.1, -0.05) is 25.1 Å². The molecule has 3 heteroatoms. The number of hydrogen-bond acceptors (Lipinski definition) is 2. The van der Waals surface area contributed by atoms with E-state index in [1.165, 1.54) is 5.69 Å². The van der Waals surface area contributed by atoms with E-state index in [1.807, 2.05) is 30.3 Å². The standard InChI is InChI=1S/C13H16N2S/c1-3-12-10-16-13(15(12)4-2)14-11-8-6-5-7-9-11/h5-10H,3-4H2,1-2H3. The van der Waals surface area contributed by atoms with Crippen molar-refractivity contribution in [2.45, 2.75) is 26.8 Å². The highest BCUT2D eigenvalue weighted by molar-refractivity contribution is 7.07. The van der Waals surface area contributed by atoms with E-state index >= 15 is 0 Å². The molecule has 0 aliphatic rings. The van der Waals surface area contributed by atoms with Gasteiger partial charge in [0.15, 0.2) is 4.80 Å². The summed E-state index contributed by atoms with van der Waals surface area (Å²) in [5.74, 6) is 0. The number of aromatic nitrogens is 1. The average molecular weight is 232 g/mol. The Morgan fingerprint density at radius 2 is 1.94 bits per heavy atom. The van der Waals surface area contributed by atoms with Crippen LogP contribution < -0.4 is 4.80 Å². The lowest BCUT2D eigenvalue weighted by molar-refractivity contribution is 0.693. The third-order valence-electron chi connectivity index (χ3n) is 2.54.